The Morgan fingerprint density at radius 3 is 2.57 bits per heavy atom. The Hall–Kier alpha value is -3.81. The zero-order valence-corrected chi connectivity index (χ0v) is 17.0. The van der Waals surface area contributed by atoms with Gasteiger partial charge in [-0.15, -0.1) is 0 Å². The Morgan fingerprint density at radius 2 is 1.87 bits per heavy atom. The number of fused-ring (bicyclic) bond motifs is 1. The lowest BCUT2D eigenvalue weighted by molar-refractivity contribution is -0.124. The highest BCUT2D eigenvalue weighted by Crippen LogP contribution is 2.21. The minimum absolute atomic E-state index is 0.300. The molecule has 1 atom stereocenters. The van der Waals surface area contributed by atoms with Gasteiger partial charge >= 0.3 is 0 Å². The van der Waals surface area contributed by atoms with Gasteiger partial charge in [0.1, 0.15) is 6.04 Å². The molecule has 1 N–H and O–H groups in total. The van der Waals surface area contributed by atoms with Gasteiger partial charge in [0.2, 0.25) is 5.91 Å². The third kappa shape index (κ3) is 3.47. The highest BCUT2D eigenvalue weighted by Gasteiger charge is 2.23. The van der Waals surface area contributed by atoms with Crippen molar-refractivity contribution in [1.82, 2.24) is 29.9 Å². The summed E-state index contributed by atoms with van der Waals surface area (Å²) < 4.78 is 2.94. The second-order valence-electron chi connectivity index (χ2n) is 7.15. The summed E-state index contributed by atoms with van der Waals surface area (Å²) in [6.45, 7) is 5.71. The van der Waals surface area contributed by atoms with Crippen LogP contribution in [-0.2, 0) is 11.3 Å². The first-order valence-electron chi connectivity index (χ1n) is 9.68. The fraction of sp³-hybridized carbons (Fsp3) is 0.227. The number of hydrogen-bond donors (Lipinski definition) is 1. The van der Waals surface area contributed by atoms with E-state index in [2.05, 4.69) is 20.5 Å². The Balaban J connectivity index is 1.69. The predicted octanol–water partition coefficient (Wildman–Crippen LogP) is 2.47. The average molecular weight is 402 g/mol. The molecular weight excluding hydrogens is 380 g/mol. The Kier molecular flexibility index (Phi) is 5.14. The molecule has 0 spiro atoms. The first-order valence-corrected chi connectivity index (χ1v) is 9.68. The summed E-state index contributed by atoms with van der Waals surface area (Å²) in [6.07, 6.45) is 3.36. The molecule has 1 amide bonds. The van der Waals surface area contributed by atoms with Crippen molar-refractivity contribution in [2.45, 2.75) is 33.4 Å². The Labute approximate surface area is 173 Å². The van der Waals surface area contributed by atoms with E-state index in [4.69, 9.17) is 0 Å². The number of aryl methyl sites for hydroxylation is 2. The first-order chi connectivity index (χ1) is 14.5. The molecule has 4 aromatic rings. The average Bonchev–Trinajstić information content (AvgIpc) is 3.13. The number of benzene rings is 1. The summed E-state index contributed by atoms with van der Waals surface area (Å²) in [4.78, 5) is 29.8. The maximum Gasteiger partial charge on any atom is 0.295 e. The van der Waals surface area contributed by atoms with Crippen LogP contribution in [-0.4, -0.2) is 30.5 Å². The van der Waals surface area contributed by atoms with Crippen molar-refractivity contribution in [2.24, 2.45) is 0 Å². The van der Waals surface area contributed by atoms with Crippen molar-refractivity contribution >= 4 is 16.8 Å². The normalized spacial score (nSPS) is 12.1. The van der Waals surface area contributed by atoms with Crippen molar-refractivity contribution in [1.29, 1.82) is 0 Å². The van der Waals surface area contributed by atoms with E-state index in [1.165, 1.54) is 4.68 Å². The smallest absolute Gasteiger partial charge is 0.295 e. The maximum absolute atomic E-state index is 13.1. The van der Waals surface area contributed by atoms with E-state index in [0.717, 1.165) is 16.9 Å². The molecule has 0 saturated heterocycles. The van der Waals surface area contributed by atoms with Gasteiger partial charge in [0.05, 0.1) is 22.5 Å². The highest BCUT2D eigenvalue weighted by molar-refractivity contribution is 5.84. The van der Waals surface area contributed by atoms with Crippen LogP contribution in [0.15, 0.2) is 59.7 Å². The summed E-state index contributed by atoms with van der Waals surface area (Å²) in [5.41, 5.74) is 3.13. The lowest BCUT2D eigenvalue weighted by atomic mass is 10.2. The molecule has 0 aliphatic rings. The Bertz CT molecular complexity index is 1260. The Morgan fingerprint density at radius 1 is 1.10 bits per heavy atom. The van der Waals surface area contributed by atoms with Gasteiger partial charge in [0.25, 0.3) is 5.56 Å². The monoisotopic (exact) mass is 402 g/mol. The molecule has 30 heavy (non-hydrogen) atoms. The van der Waals surface area contributed by atoms with Gasteiger partial charge in [0, 0.05) is 18.9 Å². The lowest BCUT2D eigenvalue weighted by Crippen LogP contribution is -2.37. The number of para-hydroxylation sites is 1. The molecule has 0 radical (unpaired) electrons. The second-order valence-corrected chi connectivity index (χ2v) is 7.15. The second kappa shape index (κ2) is 7.90. The molecule has 8 nitrogen and oxygen atoms in total. The third-order valence-corrected chi connectivity index (χ3v) is 5.08. The van der Waals surface area contributed by atoms with Crippen LogP contribution in [0.2, 0.25) is 0 Å². The van der Waals surface area contributed by atoms with E-state index in [-0.39, 0.29) is 5.91 Å². The number of aromatic nitrogens is 5. The minimum atomic E-state index is -0.778. The van der Waals surface area contributed by atoms with Crippen molar-refractivity contribution in [2.75, 3.05) is 0 Å². The third-order valence-electron chi connectivity index (χ3n) is 5.08. The SMILES string of the molecule is Cc1nn([C@H](C)C(=O)NCc2cccnc2)c(=O)c2nn(-c3ccccc3)c(C)c12. The van der Waals surface area contributed by atoms with E-state index < -0.39 is 11.6 Å². The summed E-state index contributed by atoms with van der Waals surface area (Å²) in [7, 11) is 0. The van der Waals surface area contributed by atoms with E-state index >= 15 is 0 Å². The van der Waals surface area contributed by atoms with E-state index in [1.807, 2.05) is 50.2 Å². The quantitative estimate of drug-likeness (QED) is 0.553. The van der Waals surface area contributed by atoms with Crippen LogP contribution in [0.25, 0.3) is 16.6 Å². The zero-order valence-electron chi connectivity index (χ0n) is 17.0. The molecule has 0 fully saturated rings. The largest absolute Gasteiger partial charge is 0.350 e. The minimum Gasteiger partial charge on any atom is -0.350 e. The van der Waals surface area contributed by atoms with Crippen LogP contribution in [0.4, 0.5) is 0 Å². The van der Waals surface area contributed by atoms with E-state index in [9.17, 15) is 9.59 Å². The maximum atomic E-state index is 13.1. The lowest BCUT2D eigenvalue weighted by Gasteiger charge is -2.14. The van der Waals surface area contributed by atoms with Crippen LogP contribution in [0.5, 0.6) is 0 Å². The topological polar surface area (TPSA) is 94.7 Å². The van der Waals surface area contributed by atoms with E-state index in [1.54, 1.807) is 30.1 Å². The van der Waals surface area contributed by atoms with Crippen LogP contribution in [0.1, 0.15) is 29.9 Å². The molecule has 3 aromatic heterocycles. The number of nitrogens with zero attached hydrogens (tertiary/aromatic N) is 5. The first kappa shape index (κ1) is 19.5. The molecule has 0 bridgehead atoms. The molecule has 152 valence electrons. The summed E-state index contributed by atoms with van der Waals surface area (Å²) in [6, 6.07) is 12.5. The van der Waals surface area contributed by atoms with Crippen LogP contribution in [0.3, 0.4) is 0 Å². The van der Waals surface area contributed by atoms with Gasteiger partial charge in [-0.25, -0.2) is 9.36 Å². The molecule has 0 aliphatic carbocycles. The van der Waals surface area contributed by atoms with Crippen LogP contribution >= 0.6 is 0 Å². The van der Waals surface area contributed by atoms with Crippen molar-refractivity contribution in [3.05, 3.63) is 82.2 Å². The number of pyridine rings is 1. The molecule has 8 heteroatoms. The molecule has 3 heterocycles. The van der Waals surface area contributed by atoms with Gasteiger partial charge in [-0.05, 0) is 44.5 Å². The van der Waals surface area contributed by atoms with Crippen molar-refractivity contribution < 1.29 is 4.79 Å². The highest BCUT2D eigenvalue weighted by atomic mass is 16.2. The van der Waals surface area contributed by atoms with E-state index in [0.29, 0.717) is 23.1 Å². The number of hydrogen-bond acceptors (Lipinski definition) is 5. The fourth-order valence-electron chi connectivity index (χ4n) is 3.48. The predicted molar refractivity (Wildman–Crippen MR) is 113 cm³/mol. The number of rotatable bonds is 5. The molecular formula is C22H22N6O2. The van der Waals surface area contributed by atoms with Gasteiger partial charge in [-0.2, -0.15) is 10.2 Å². The van der Waals surface area contributed by atoms with Gasteiger partial charge < -0.3 is 5.32 Å². The molecule has 0 saturated carbocycles. The number of carbonyl (C=O) groups excluding carboxylic acids is 1. The molecule has 0 unspecified atom stereocenters. The molecule has 4 rings (SSSR count). The van der Waals surface area contributed by atoms with Gasteiger partial charge in [-0.3, -0.25) is 14.6 Å². The van der Waals surface area contributed by atoms with Gasteiger partial charge in [-0.1, -0.05) is 24.3 Å². The number of amides is 1. The molecule has 1 aromatic carbocycles. The van der Waals surface area contributed by atoms with Crippen LogP contribution < -0.4 is 10.9 Å². The standard InChI is InChI=1S/C22H22N6O2/c1-14-19-15(2)27(18-9-5-4-6-10-18)26-20(19)22(30)28(25-14)16(3)21(29)24-13-17-8-7-11-23-12-17/h4-12,16H,13H2,1-3H3,(H,24,29)/t16-/m1/s1. The van der Waals surface area contributed by atoms with Crippen molar-refractivity contribution in [3.63, 3.8) is 0 Å². The van der Waals surface area contributed by atoms with Gasteiger partial charge in [0.15, 0.2) is 5.52 Å². The summed E-state index contributed by atoms with van der Waals surface area (Å²) in [5, 5.41) is 12.5. The van der Waals surface area contributed by atoms with Crippen molar-refractivity contribution in [3.8, 4) is 5.69 Å². The number of carbonyl (C=O) groups is 1. The zero-order chi connectivity index (χ0) is 21.3. The fourth-order valence-corrected chi connectivity index (χ4v) is 3.48. The summed E-state index contributed by atoms with van der Waals surface area (Å²) in [5.74, 6) is -0.300. The number of nitrogens with one attached hydrogen (secondary N) is 1. The molecule has 0 aliphatic heterocycles. The summed E-state index contributed by atoms with van der Waals surface area (Å²) >= 11 is 0. The van der Waals surface area contributed by atoms with Crippen LogP contribution in [0, 0.1) is 13.8 Å².